The molecule has 1 unspecified atom stereocenters. The Morgan fingerprint density at radius 1 is 1.67 bits per heavy atom. The van der Waals surface area contributed by atoms with E-state index in [9.17, 15) is 4.21 Å². The van der Waals surface area contributed by atoms with Gasteiger partial charge in [0.25, 0.3) is 0 Å². The zero-order valence-electron chi connectivity index (χ0n) is 5.72. The van der Waals surface area contributed by atoms with Crippen molar-refractivity contribution in [2.45, 2.75) is 26.2 Å². The van der Waals surface area contributed by atoms with Crippen LogP contribution in [0.2, 0.25) is 0 Å². The van der Waals surface area contributed by atoms with E-state index in [-0.39, 0.29) is 0 Å². The van der Waals surface area contributed by atoms with Crippen molar-refractivity contribution in [1.82, 2.24) is 0 Å². The molecule has 1 aliphatic carbocycles. The van der Waals surface area contributed by atoms with Gasteiger partial charge in [-0.1, -0.05) is 6.92 Å². The Bertz CT molecular complexity index is 131. The third-order valence-electron chi connectivity index (χ3n) is 2.01. The predicted molar refractivity (Wildman–Crippen MR) is 39.2 cm³/mol. The van der Waals surface area contributed by atoms with Gasteiger partial charge in [-0.15, -0.1) is 0 Å². The second kappa shape index (κ2) is 2.39. The second-order valence-electron chi connectivity index (χ2n) is 3.15. The molecule has 3 heteroatoms. The van der Waals surface area contributed by atoms with Crippen LogP contribution < -0.4 is 5.14 Å². The van der Waals surface area contributed by atoms with Crippen LogP contribution in [0.25, 0.3) is 0 Å². The molecule has 1 rings (SSSR count). The van der Waals surface area contributed by atoms with E-state index in [0.717, 1.165) is 6.42 Å². The zero-order valence-corrected chi connectivity index (χ0v) is 6.54. The summed E-state index contributed by atoms with van der Waals surface area (Å²) in [5.41, 5.74) is 0.509. The van der Waals surface area contributed by atoms with Crippen molar-refractivity contribution in [2.24, 2.45) is 10.6 Å². The van der Waals surface area contributed by atoms with Crippen molar-refractivity contribution < 1.29 is 4.21 Å². The maximum atomic E-state index is 10.4. The Morgan fingerprint density at radius 2 is 2.22 bits per heavy atom. The van der Waals surface area contributed by atoms with Gasteiger partial charge in [0.1, 0.15) is 0 Å². The minimum Gasteiger partial charge on any atom is -0.252 e. The molecule has 1 fully saturated rings. The van der Waals surface area contributed by atoms with E-state index in [2.05, 4.69) is 6.92 Å². The van der Waals surface area contributed by atoms with Crippen LogP contribution in [0, 0.1) is 5.41 Å². The van der Waals surface area contributed by atoms with Gasteiger partial charge in [-0.25, -0.2) is 4.21 Å². The van der Waals surface area contributed by atoms with Crippen LogP contribution in [0.15, 0.2) is 0 Å². The van der Waals surface area contributed by atoms with Gasteiger partial charge >= 0.3 is 0 Å². The largest absolute Gasteiger partial charge is 0.252 e. The Hall–Kier alpha value is 0.110. The number of nitrogens with two attached hydrogens (primary N) is 1. The molecule has 2 N–H and O–H groups in total. The van der Waals surface area contributed by atoms with Crippen molar-refractivity contribution in [3.8, 4) is 0 Å². The lowest BCUT2D eigenvalue weighted by molar-refractivity contribution is 0.551. The van der Waals surface area contributed by atoms with E-state index in [1.165, 1.54) is 12.8 Å². The fourth-order valence-electron chi connectivity index (χ4n) is 0.810. The third kappa shape index (κ3) is 2.45. The molecule has 0 heterocycles. The van der Waals surface area contributed by atoms with E-state index in [0.29, 0.717) is 11.2 Å². The van der Waals surface area contributed by atoms with E-state index in [1.807, 2.05) is 0 Å². The maximum Gasteiger partial charge on any atom is 0.0888 e. The Morgan fingerprint density at radius 3 is 2.56 bits per heavy atom. The Labute approximate surface area is 58.4 Å². The highest BCUT2D eigenvalue weighted by Gasteiger charge is 2.36. The van der Waals surface area contributed by atoms with E-state index < -0.39 is 11.0 Å². The minimum absolute atomic E-state index is 0.509. The first-order chi connectivity index (χ1) is 4.12. The maximum absolute atomic E-state index is 10.4. The molecule has 0 amide bonds. The van der Waals surface area contributed by atoms with Crippen LogP contribution >= 0.6 is 0 Å². The first-order valence-electron chi connectivity index (χ1n) is 3.25. The van der Waals surface area contributed by atoms with Gasteiger partial charge in [0, 0.05) is 5.75 Å². The smallest absolute Gasteiger partial charge is 0.0888 e. The topological polar surface area (TPSA) is 43.1 Å². The summed E-state index contributed by atoms with van der Waals surface area (Å²) < 4.78 is 10.4. The SMILES string of the molecule is CC1(CCS(N)=O)CC1. The average Bonchev–Trinajstić information content (AvgIpc) is 2.45. The lowest BCUT2D eigenvalue weighted by Crippen LogP contribution is -2.10. The number of hydrogen-bond donors (Lipinski definition) is 1. The Kier molecular flexibility index (Phi) is 1.91. The summed E-state index contributed by atoms with van der Waals surface area (Å²) in [6.45, 7) is 2.22. The van der Waals surface area contributed by atoms with E-state index in [4.69, 9.17) is 5.14 Å². The van der Waals surface area contributed by atoms with Gasteiger partial charge in [-0.2, -0.15) is 0 Å². The fourth-order valence-corrected chi connectivity index (χ4v) is 1.50. The summed E-state index contributed by atoms with van der Waals surface area (Å²) in [5.74, 6) is 0.677. The molecular weight excluding hydrogens is 134 g/mol. The molecule has 54 valence electrons. The number of hydrogen-bond acceptors (Lipinski definition) is 1. The van der Waals surface area contributed by atoms with Gasteiger partial charge in [-0.05, 0) is 24.7 Å². The van der Waals surface area contributed by atoms with Gasteiger partial charge in [0.2, 0.25) is 0 Å². The van der Waals surface area contributed by atoms with Gasteiger partial charge < -0.3 is 0 Å². The molecule has 1 saturated carbocycles. The first kappa shape index (κ1) is 7.22. The quantitative estimate of drug-likeness (QED) is 0.630. The van der Waals surface area contributed by atoms with Crippen molar-refractivity contribution in [3.63, 3.8) is 0 Å². The summed E-state index contributed by atoms with van der Waals surface area (Å²) in [4.78, 5) is 0. The van der Waals surface area contributed by atoms with Crippen molar-refractivity contribution >= 4 is 11.0 Å². The lowest BCUT2D eigenvalue weighted by atomic mass is 10.1. The second-order valence-corrected chi connectivity index (χ2v) is 4.32. The minimum atomic E-state index is -1.07. The molecule has 1 atom stereocenters. The predicted octanol–water partition coefficient (Wildman–Crippen LogP) is 0.799. The third-order valence-corrected chi connectivity index (χ3v) is 2.62. The lowest BCUT2D eigenvalue weighted by Gasteiger charge is -2.03. The van der Waals surface area contributed by atoms with Crippen LogP contribution in [0.4, 0.5) is 0 Å². The fraction of sp³-hybridized carbons (Fsp3) is 1.00. The van der Waals surface area contributed by atoms with Gasteiger partial charge in [-0.3, -0.25) is 5.14 Å². The standard InChI is InChI=1S/C6H13NOS/c1-6(2-3-6)4-5-9(7)8/h2-5,7H2,1H3. The van der Waals surface area contributed by atoms with Crippen LogP contribution in [0.1, 0.15) is 26.2 Å². The molecular formula is C6H13NOS. The summed E-state index contributed by atoms with van der Waals surface area (Å²) >= 11 is 0. The molecule has 0 aliphatic heterocycles. The molecule has 0 saturated heterocycles. The molecule has 9 heavy (non-hydrogen) atoms. The summed E-state index contributed by atoms with van der Waals surface area (Å²) in [6, 6.07) is 0. The van der Waals surface area contributed by atoms with Gasteiger partial charge in [0.05, 0.1) is 11.0 Å². The zero-order chi connectivity index (χ0) is 6.91. The molecule has 0 spiro atoms. The van der Waals surface area contributed by atoms with Crippen molar-refractivity contribution in [2.75, 3.05) is 5.75 Å². The normalized spacial score (nSPS) is 25.6. The van der Waals surface area contributed by atoms with Crippen molar-refractivity contribution in [3.05, 3.63) is 0 Å². The van der Waals surface area contributed by atoms with Gasteiger partial charge in [0.15, 0.2) is 0 Å². The van der Waals surface area contributed by atoms with E-state index in [1.54, 1.807) is 0 Å². The monoisotopic (exact) mass is 147 g/mol. The molecule has 0 aromatic rings. The molecule has 0 aromatic heterocycles. The highest BCUT2D eigenvalue weighted by Crippen LogP contribution is 2.47. The molecule has 0 radical (unpaired) electrons. The molecule has 1 aliphatic rings. The summed E-state index contributed by atoms with van der Waals surface area (Å²) in [7, 11) is -1.07. The van der Waals surface area contributed by atoms with Crippen LogP contribution in [0.5, 0.6) is 0 Å². The van der Waals surface area contributed by atoms with Crippen LogP contribution in [0.3, 0.4) is 0 Å². The van der Waals surface area contributed by atoms with E-state index >= 15 is 0 Å². The molecule has 2 nitrogen and oxygen atoms in total. The highest BCUT2D eigenvalue weighted by atomic mass is 32.2. The molecule has 0 bridgehead atoms. The highest BCUT2D eigenvalue weighted by molar-refractivity contribution is 7.82. The number of rotatable bonds is 3. The average molecular weight is 147 g/mol. The van der Waals surface area contributed by atoms with Crippen LogP contribution in [-0.4, -0.2) is 9.96 Å². The first-order valence-corrected chi connectivity index (χ1v) is 4.63. The summed E-state index contributed by atoms with van der Waals surface area (Å²) in [6.07, 6.45) is 3.63. The Balaban J connectivity index is 2.12. The van der Waals surface area contributed by atoms with Crippen LogP contribution in [-0.2, 0) is 11.0 Å². The molecule has 0 aromatic carbocycles. The summed E-state index contributed by atoms with van der Waals surface area (Å²) in [5, 5.41) is 5.10. The van der Waals surface area contributed by atoms with Crippen molar-refractivity contribution in [1.29, 1.82) is 0 Å².